The lowest BCUT2D eigenvalue weighted by Gasteiger charge is -2.32. The molecule has 2 atom stereocenters. The van der Waals surface area contributed by atoms with Gasteiger partial charge in [0.1, 0.15) is 29.1 Å². The summed E-state index contributed by atoms with van der Waals surface area (Å²) in [4.78, 5) is 42.0. The standard InChI is InChI=1S/C29H32FN3O5S2/c1-38-24-15-13-23(14-16-24)33(27(35)19-40(37)18-26(34)31-22-11-9-20(30)10-12-22)28(25-8-5-17-39-25)29(36)32-21-6-3-2-4-7-21/h5,8-17,21,28H,2-4,6-7,18-19H2,1H3,(H,31,34)(H,32,36)/t28-,40+/m0/s1. The minimum atomic E-state index is -1.87. The number of carbonyl (C=O) groups is 3. The van der Waals surface area contributed by atoms with Crippen LogP contribution in [0, 0.1) is 5.82 Å². The van der Waals surface area contributed by atoms with Gasteiger partial charge in [-0.2, -0.15) is 0 Å². The smallest absolute Gasteiger partial charge is 0.248 e. The predicted molar refractivity (Wildman–Crippen MR) is 155 cm³/mol. The normalized spacial score (nSPS) is 15.1. The fourth-order valence-electron chi connectivity index (χ4n) is 4.66. The van der Waals surface area contributed by atoms with Crippen molar-refractivity contribution in [3.8, 4) is 5.75 Å². The van der Waals surface area contributed by atoms with Crippen LogP contribution >= 0.6 is 11.3 Å². The molecule has 0 saturated heterocycles. The first-order valence-corrected chi connectivity index (χ1v) is 15.4. The molecule has 1 heterocycles. The van der Waals surface area contributed by atoms with Gasteiger partial charge in [0.2, 0.25) is 17.7 Å². The maximum atomic E-state index is 13.8. The number of rotatable bonds is 11. The van der Waals surface area contributed by atoms with Crippen LogP contribution in [0.1, 0.15) is 43.0 Å². The monoisotopic (exact) mass is 585 g/mol. The van der Waals surface area contributed by atoms with Crippen molar-refractivity contribution in [2.75, 3.05) is 28.8 Å². The molecule has 3 amide bonds. The molecule has 1 aliphatic carbocycles. The van der Waals surface area contributed by atoms with Crippen LogP contribution in [0.4, 0.5) is 15.8 Å². The zero-order valence-electron chi connectivity index (χ0n) is 22.1. The topological polar surface area (TPSA) is 105 Å². The maximum Gasteiger partial charge on any atom is 0.248 e. The number of anilines is 2. The average Bonchev–Trinajstić information content (AvgIpc) is 3.47. The van der Waals surface area contributed by atoms with Crippen LogP contribution in [0.3, 0.4) is 0 Å². The first-order valence-electron chi connectivity index (χ1n) is 13.0. The molecule has 0 unspecified atom stereocenters. The van der Waals surface area contributed by atoms with Crippen molar-refractivity contribution in [2.45, 2.75) is 44.2 Å². The lowest BCUT2D eigenvalue weighted by atomic mass is 9.95. The maximum absolute atomic E-state index is 13.8. The Hall–Kier alpha value is -3.57. The van der Waals surface area contributed by atoms with Gasteiger partial charge < -0.3 is 15.4 Å². The van der Waals surface area contributed by atoms with Crippen LogP contribution in [0.5, 0.6) is 5.75 Å². The summed E-state index contributed by atoms with van der Waals surface area (Å²) < 4.78 is 31.4. The van der Waals surface area contributed by atoms with Gasteiger partial charge in [0.25, 0.3) is 0 Å². The van der Waals surface area contributed by atoms with Gasteiger partial charge >= 0.3 is 0 Å². The van der Waals surface area contributed by atoms with Gasteiger partial charge in [-0.05, 0) is 72.8 Å². The Labute approximate surface area is 239 Å². The number of halogens is 1. The SMILES string of the molecule is COc1ccc(N(C(=O)C[S@](=O)CC(=O)Nc2ccc(F)cc2)[C@H](C(=O)NC2CCCCC2)c2cccs2)cc1. The molecule has 2 aromatic carbocycles. The summed E-state index contributed by atoms with van der Waals surface area (Å²) >= 11 is 1.36. The highest BCUT2D eigenvalue weighted by Crippen LogP contribution is 2.32. The average molecular weight is 586 g/mol. The van der Waals surface area contributed by atoms with E-state index >= 15 is 0 Å². The zero-order chi connectivity index (χ0) is 28.5. The minimum Gasteiger partial charge on any atom is -0.497 e. The van der Waals surface area contributed by atoms with Gasteiger partial charge in [-0.3, -0.25) is 23.5 Å². The highest BCUT2D eigenvalue weighted by atomic mass is 32.2. The summed E-state index contributed by atoms with van der Waals surface area (Å²) in [6, 6.07) is 14.6. The number of nitrogens with one attached hydrogen (secondary N) is 2. The predicted octanol–water partition coefficient (Wildman–Crippen LogP) is 4.81. The van der Waals surface area contributed by atoms with Gasteiger partial charge in [-0.25, -0.2) is 4.39 Å². The van der Waals surface area contributed by atoms with Crippen LogP contribution in [-0.4, -0.2) is 46.6 Å². The Kier molecular flexibility index (Phi) is 10.4. The van der Waals surface area contributed by atoms with Gasteiger partial charge in [0, 0.05) is 33.1 Å². The van der Waals surface area contributed by atoms with E-state index in [0.717, 1.165) is 32.1 Å². The lowest BCUT2D eigenvalue weighted by molar-refractivity contribution is -0.126. The van der Waals surface area contributed by atoms with Crippen molar-refractivity contribution in [3.63, 3.8) is 0 Å². The van der Waals surface area contributed by atoms with Gasteiger partial charge in [-0.15, -0.1) is 11.3 Å². The quantitative estimate of drug-likeness (QED) is 0.336. The van der Waals surface area contributed by atoms with Gasteiger partial charge in [0.05, 0.1) is 7.11 Å². The van der Waals surface area contributed by atoms with E-state index in [-0.39, 0.29) is 11.9 Å². The molecular weight excluding hydrogens is 553 g/mol. The van der Waals surface area contributed by atoms with Crippen LogP contribution in [0.2, 0.25) is 0 Å². The Bertz CT molecular complexity index is 1310. The van der Waals surface area contributed by atoms with Gasteiger partial charge in [0.15, 0.2) is 0 Å². The molecule has 8 nitrogen and oxygen atoms in total. The van der Waals surface area contributed by atoms with Crippen molar-refractivity contribution in [1.82, 2.24) is 5.32 Å². The second-order valence-corrected chi connectivity index (χ2v) is 11.9. The van der Waals surface area contributed by atoms with Crippen molar-refractivity contribution >= 4 is 51.2 Å². The molecule has 0 spiro atoms. The summed E-state index contributed by atoms with van der Waals surface area (Å²) in [5, 5.41) is 7.53. The Morgan fingerprint density at radius 2 is 1.73 bits per heavy atom. The molecule has 212 valence electrons. The largest absolute Gasteiger partial charge is 0.497 e. The fourth-order valence-corrected chi connectivity index (χ4v) is 6.36. The third-order valence-electron chi connectivity index (χ3n) is 6.59. The molecule has 1 saturated carbocycles. The number of methoxy groups -OCH3 is 1. The number of thiophene rings is 1. The second-order valence-electron chi connectivity index (χ2n) is 9.51. The van der Waals surface area contributed by atoms with Crippen molar-refractivity contribution in [2.24, 2.45) is 0 Å². The van der Waals surface area contributed by atoms with Crippen LogP contribution in [0.15, 0.2) is 66.0 Å². The van der Waals surface area contributed by atoms with Crippen molar-refractivity contribution in [3.05, 3.63) is 76.7 Å². The second kappa shape index (κ2) is 14.2. The van der Waals surface area contributed by atoms with E-state index in [1.54, 1.807) is 30.3 Å². The number of benzene rings is 2. The molecule has 0 radical (unpaired) electrons. The molecule has 1 aromatic heterocycles. The van der Waals surface area contributed by atoms with Crippen LogP contribution in [0.25, 0.3) is 0 Å². The molecule has 3 aromatic rings. The summed E-state index contributed by atoms with van der Waals surface area (Å²) in [5.74, 6) is -2.21. The van der Waals surface area contributed by atoms with E-state index in [9.17, 15) is 23.0 Å². The number of hydrogen-bond donors (Lipinski definition) is 2. The van der Waals surface area contributed by atoms with Crippen LogP contribution in [-0.2, 0) is 25.2 Å². The van der Waals surface area contributed by atoms with E-state index in [1.165, 1.54) is 47.6 Å². The minimum absolute atomic E-state index is 0.0285. The number of ether oxygens (including phenoxy) is 1. The summed E-state index contributed by atoms with van der Waals surface area (Å²) in [6.07, 6.45) is 4.97. The number of carbonyl (C=O) groups excluding carboxylic acids is 3. The highest BCUT2D eigenvalue weighted by Gasteiger charge is 2.35. The molecule has 1 fully saturated rings. The highest BCUT2D eigenvalue weighted by molar-refractivity contribution is 7.86. The van der Waals surface area contributed by atoms with E-state index in [1.807, 2.05) is 11.4 Å². The van der Waals surface area contributed by atoms with Gasteiger partial charge in [-0.1, -0.05) is 25.3 Å². The fraction of sp³-hybridized carbons (Fsp3) is 0.345. The summed E-state index contributed by atoms with van der Waals surface area (Å²) in [6.45, 7) is 0. The van der Waals surface area contributed by atoms with Crippen molar-refractivity contribution in [1.29, 1.82) is 0 Å². The van der Waals surface area contributed by atoms with Crippen LogP contribution < -0.4 is 20.3 Å². The first-order chi connectivity index (χ1) is 19.3. The molecule has 2 N–H and O–H groups in total. The van der Waals surface area contributed by atoms with E-state index < -0.39 is 46.0 Å². The molecule has 1 aliphatic rings. The Morgan fingerprint density at radius 1 is 1.02 bits per heavy atom. The molecule has 0 bridgehead atoms. The number of amides is 3. The lowest BCUT2D eigenvalue weighted by Crippen LogP contribution is -2.48. The number of nitrogens with zero attached hydrogens (tertiary/aromatic N) is 1. The van der Waals surface area contributed by atoms with E-state index in [4.69, 9.17) is 4.74 Å². The summed E-state index contributed by atoms with van der Waals surface area (Å²) in [5.41, 5.74) is 0.794. The molecule has 40 heavy (non-hydrogen) atoms. The molecule has 11 heteroatoms. The first kappa shape index (κ1) is 29.4. The summed E-state index contributed by atoms with van der Waals surface area (Å²) in [7, 11) is -0.340. The molecular formula is C29H32FN3O5S2. The Balaban J connectivity index is 1.56. The third kappa shape index (κ3) is 7.98. The molecule has 0 aliphatic heterocycles. The third-order valence-corrected chi connectivity index (χ3v) is 8.67. The van der Waals surface area contributed by atoms with Crippen molar-refractivity contribution < 1.29 is 27.7 Å². The zero-order valence-corrected chi connectivity index (χ0v) is 23.8. The van der Waals surface area contributed by atoms with E-state index in [2.05, 4.69) is 10.6 Å². The van der Waals surface area contributed by atoms with E-state index in [0.29, 0.717) is 22.0 Å². The molecule has 4 rings (SSSR count). The number of hydrogen-bond acceptors (Lipinski definition) is 6. The Morgan fingerprint density at radius 3 is 2.35 bits per heavy atom.